The van der Waals surface area contributed by atoms with Gasteiger partial charge in [0.2, 0.25) is 11.4 Å². The van der Waals surface area contributed by atoms with Crippen LogP contribution in [0.3, 0.4) is 0 Å². The molecule has 154 valence electrons. The third kappa shape index (κ3) is 3.41. The van der Waals surface area contributed by atoms with Crippen molar-refractivity contribution in [2.45, 2.75) is 24.7 Å². The number of hydrogen-bond donors (Lipinski definition) is 3. The number of amides is 2. The first kappa shape index (κ1) is 20.6. The zero-order valence-electron chi connectivity index (χ0n) is 14.6. The number of H-pyrrole nitrogens is 1. The third-order valence-corrected chi connectivity index (χ3v) is 4.73. The first-order valence-electron chi connectivity index (χ1n) is 8.28. The molecule has 1 aromatic heterocycles. The Kier molecular flexibility index (Phi) is 5.26. The van der Waals surface area contributed by atoms with E-state index in [2.05, 4.69) is 0 Å². The number of benzene rings is 1. The lowest BCUT2D eigenvalue weighted by atomic mass is 9.92. The Morgan fingerprint density at radius 3 is 2.41 bits per heavy atom. The van der Waals surface area contributed by atoms with Gasteiger partial charge in [-0.2, -0.15) is 13.2 Å². The molecule has 1 aliphatic heterocycles. The zero-order chi connectivity index (χ0) is 21.4. The maximum absolute atomic E-state index is 13.9. The summed E-state index contributed by atoms with van der Waals surface area (Å²) in [6.45, 7) is -0.125. The minimum Gasteiger partial charge on any atom is -0.329 e. The molecule has 2 aromatic rings. The van der Waals surface area contributed by atoms with Gasteiger partial charge in [-0.3, -0.25) is 23.9 Å². The lowest BCUT2D eigenvalue weighted by molar-refractivity contribution is -0.200. The molecule has 0 radical (unpaired) electrons. The van der Waals surface area contributed by atoms with Gasteiger partial charge in [-0.1, -0.05) is 30.3 Å². The summed E-state index contributed by atoms with van der Waals surface area (Å²) in [6, 6.07) is 8.75. The van der Waals surface area contributed by atoms with Crippen LogP contribution in [-0.4, -0.2) is 33.4 Å². The molecule has 0 unspecified atom stereocenters. The fraction of sp³-hybridized carbons (Fsp3) is 0.294. The summed E-state index contributed by atoms with van der Waals surface area (Å²) in [7, 11) is 0. The lowest BCUT2D eigenvalue weighted by Crippen LogP contribution is -2.62. The molecule has 2 heterocycles. The van der Waals surface area contributed by atoms with Crippen molar-refractivity contribution in [1.29, 1.82) is 0 Å². The van der Waals surface area contributed by atoms with Crippen molar-refractivity contribution in [3.63, 3.8) is 0 Å². The molecule has 0 saturated carbocycles. The molecule has 8 nitrogen and oxygen atoms in total. The van der Waals surface area contributed by atoms with Crippen LogP contribution >= 0.6 is 11.6 Å². The van der Waals surface area contributed by atoms with E-state index >= 15 is 0 Å². The summed E-state index contributed by atoms with van der Waals surface area (Å²) in [5, 5.41) is 3.44. The minimum atomic E-state index is -5.38. The normalized spacial score (nSPS) is 18.3. The number of anilines is 1. The van der Waals surface area contributed by atoms with Gasteiger partial charge in [-0.25, -0.2) is 4.79 Å². The second-order valence-electron chi connectivity index (χ2n) is 6.25. The fourth-order valence-electron chi connectivity index (χ4n) is 3.17. The zero-order valence-corrected chi connectivity index (χ0v) is 15.4. The van der Waals surface area contributed by atoms with Crippen molar-refractivity contribution in [3.8, 4) is 0 Å². The van der Waals surface area contributed by atoms with Gasteiger partial charge >= 0.3 is 11.9 Å². The number of aromatic amines is 1. The topological polar surface area (TPSA) is 113 Å². The number of alkyl halides is 4. The van der Waals surface area contributed by atoms with E-state index in [0.717, 1.165) is 10.1 Å². The standard InChI is InChI=1S/C17H14ClF3N4O4/c18-8-10(26)24-16(17(19,20)21)11-12(22-14(16)28)25(15(29)23-13(11)27)7-6-9-4-2-1-3-5-9/h1-5H,6-8H2,(H,22,28)(H,24,26)(H,23,27,29)/t16-/m0/s1. The lowest BCUT2D eigenvalue weighted by Gasteiger charge is -2.29. The molecule has 3 N–H and O–H groups in total. The second-order valence-corrected chi connectivity index (χ2v) is 6.52. The molecular formula is C17H14ClF3N4O4. The van der Waals surface area contributed by atoms with Crippen LogP contribution in [-0.2, 0) is 28.1 Å². The number of hydrogen-bond acceptors (Lipinski definition) is 4. The van der Waals surface area contributed by atoms with Crippen molar-refractivity contribution in [2.24, 2.45) is 0 Å². The highest BCUT2D eigenvalue weighted by Gasteiger charge is 2.68. The summed E-state index contributed by atoms with van der Waals surface area (Å²) in [4.78, 5) is 50.3. The number of carbonyl (C=O) groups excluding carboxylic acids is 2. The fourth-order valence-corrected chi connectivity index (χ4v) is 3.23. The van der Waals surface area contributed by atoms with Gasteiger partial charge in [0.15, 0.2) is 0 Å². The van der Waals surface area contributed by atoms with Crippen LogP contribution in [0.4, 0.5) is 19.0 Å². The molecule has 12 heteroatoms. The van der Waals surface area contributed by atoms with E-state index in [1.165, 1.54) is 5.32 Å². The van der Waals surface area contributed by atoms with Crippen molar-refractivity contribution < 1.29 is 22.8 Å². The van der Waals surface area contributed by atoms with E-state index in [1.54, 1.807) is 35.3 Å². The molecule has 1 aliphatic rings. The Morgan fingerprint density at radius 1 is 1.17 bits per heavy atom. The Balaban J connectivity index is 2.17. The van der Waals surface area contributed by atoms with Gasteiger partial charge in [0.05, 0.1) is 0 Å². The van der Waals surface area contributed by atoms with E-state index in [1.807, 2.05) is 5.32 Å². The smallest absolute Gasteiger partial charge is 0.329 e. The SMILES string of the molecule is O=C(CCl)N[C@]1(C(F)(F)F)C(=O)Nc2c1c(=O)[nH]c(=O)n2CCc1ccccc1. The molecule has 0 fully saturated rings. The van der Waals surface area contributed by atoms with Gasteiger partial charge in [0.1, 0.15) is 17.3 Å². The van der Waals surface area contributed by atoms with Gasteiger partial charge in [0.25, 0.3) is 11.5 Å². The first-order chi connectivity index (χ1) is 13.6. The van der Waals surface area contributed by atoms with E-state index in [9.17, 15) is 32.3 Å². The maximum atomic E-state index is 13.9. The quantitative estimate of drug-likeness (QED) is 0.610. The first-order valence-corrected chi connectivity index (χ1v) is 8.82. The Morgan fingerprint density at radius 2 is 1.83 bits per heavy atom. The summed E-state index contributed by atoms with van der Waals surface area (Å²) in [5.74, 6) is -4.50. The highest BCUT2D eigenvalue weighted by molar-refractivity contribution is 6.27. The van der Waals surface area contributed by atoms with E-state index in [-0.39, 0.29) is 13.0 Å². The predicted molar refractivity (Wildman–Crippen MR) is 96.7 cm³/mol. The Bertz CT molecular complexity index is 1080. The minimum absolute atomic E-state index is 0.125. The number of carbonyl (C=O) groups is 2. The molecule has 0 saturated heterocycles. The van der Waals surface area contributed by atoms with Crippen LogP contribution in [0.5, 0.6) is 0 Å². The number of nitrogens with one attached hydrogen (secondary N) is 3. The summed E-state index contributed by atoms with van der Waals surface area (Å²) >= 11 is 5.28. The molecule has 3 rings (SSSR count). The van der Waals surface area contributed by atoms with E-state index in [0.29, 0.717) is 0 Å². The molecule has 29 heavy (non-hydrogen) atoms. The van der Waals surface area contributed by atoms with E-state index in [4.69, 9.17) is 11.6 Å². The van der Waals surface area contributed by atoms with Gasteiger partial charge in [-0.15, -0.1) is 11.6 Å². The molecule has 0 aliphatic carbocycles. The number of rotatable bonds is 5. The summed E-state index contributed by atoms with van der Waals surface area (Å²) in [5.41, 5.74) is -6.43. The maximum Gasteiger partial charge on any atom is 0.425 e. The molecule has 0 bridgehead atoms. The van der Waals surface area contributed by atoms with Crippen molar-refractivity contribution in [1.82, 2.24) is 14.9 Å². The van der Waals surface area contributed by atoms with Gasteiger partial charge in [-0.05, 0) is 12.0 Å². The predicted octanol–water partition coefficient (Wildman–Crippen LogP) is 0.844. The second kappa shape index (κ2) is 7.39. The third-order valence-electron chi connectivity index (χ3n) is 4.49. The van der Waals surface area contributed by atoms with Crippen LogP contribution in [0.15, 0.2) is 39.9 Å². The van der Waals surface area contributed by atoms with Crippen LogP contribution in [0.2, 0.25) is 0 Å². The largest absolute Gasteiger partial charge is 0.425 e. The molecular weight excluding hydrogens is 417 g/mol. The van der Waals surface area contributed by atoms with Crippen molar-refractivity contribution in [2.75, 3.05) is 11.2 Å². The molecule has 1 aromatic carbocycles. The van der Waals surface area contributed by atoms with Crippen molar-refractivity contribution >= 4 is 29.2 Å². The summed E-state index contributed by atoms with van der Waals surface area (Å²) < 4.78 is 42.7. The number of halogens is 4. The highest BCUT2D eigenvalue weighted by atomic mass is 35.5. The molecule has 0 spiro atoms. The van der Waals surface area contributed by atoms with Crippen LogP contribution < -0.4 is 21.9 Å². The average molecular weight is 431 g/mol. The van der Waals surface area contributed by atoms with Crippen LogP contribution in [0.25, 0.3) is 0 Å². The average Bonchev–Trinajstić information content (AvgIpc) is 2.95. The van der Waals surface area contributed by atoms with Gasteiger partial charge < -0.3 is 10.6 Å². The van der Waals surface area contributed by atoms with Crippen LogP contribution in [0, 0.1) is 0 Å². The van der Waals surface area contributed by atoms with Crippen molar-refractivity contribution in [3.05, 3.63) is 62.3 Å². The molecule has 2 amide bonds. The number of aryl methyl sites for hydroxylation is 1. The monoisotopic (exact) mass is 430 g/mol. The molecule has 1 atom stereocenters. The number of fused-ring (bicyclic) bond motifs is 1. The van der Waals surface area contributed by atoms with Crippen LogP contribution in [0.1, 0.15) is 11.1 Å². The van der Waals surface area contributed by atoms with E-state index < -0.39 is 52.0 Å². The highest BCUT2D eigenvalue weighted by Crippen LogP contribution is 2.44. The number of nitrogens with zero attached hydrogens (tertiary/aromatic N) is 1. The summed E-state index contributed by atoms with van der Waals surface area (Å²) in [6.07, 6.45) is -5.14. The Labute approximate surface area is 165 Å². The number of aromatic nitrogens is 2. The Hall–Kier alpha value is -3.08. The van der Waals surface area contributed by atoms with Gasteiger partial charge in [0, 0.05) is 6.54 Å².